The first-order chi connectivity index (χ1) is 13.9. The van der Waals surface area contributed by atoms with Crippen molar-refractivity contribution in [2.45, 2.75) is 26.7 Å². The second kappa shape index (κ2) is 9.00. The number of hydrogen-bond donors (Lipinski definition) is 2. The zero-order valence-electron chi connectivity index (χ0n) is 16.5. The molecule has 1 saturated heterocycles. The molecule has 0 bridgehead atoms. The van der Waals surface area contributed by atoms with Crippen LogP contribution in [-0.4, -0.2) is 29.0 Å². The number of anilines is 2. The van der Waals surface area contributed by atoms with Crippen LogP contribution in [0.2, 0.25) is 0 Å². The first-order valence-electron chi connectivity index (χ1n) is 9.57. The summed E-state index contributed by atoms with van der Waals surface area (Å²) in [4.78, 5) is 25.5. The number of para-hydroxylation sites is 2. The second-order valence-electron chi connectivity index (χ2n) is 7.30. The Hall–Kier alpha value is -3.00. The Morgan fingerprint density at radius 3 is 2.55 bits per heavy atom. The number of hydrogen-bond acceptors (Lipinski definition) is 5. The van der Waals surface area contributed by atoms with Crippen molar-refractivity contribution < 1.29 is 9.72 Å². The lowest BCUT2D eigenvalue weighted by Gasteiger charge is -2.33. The van der Waals surface area contributed by atoms with Crippen molar-refractivity contribution in [2.75, 3.05) is 23.3 Å². The number of nitrogens with zero attached hydrogens (tertiary/aromatic N) is 2. The highest BCUT2D eigenvalue weighted by Crippen LogP contribution is 2.29. The van der Waals surface area contributed by atoms with E-state index in [1.165, 1.54) is 12.1 Å². The maximum atomic E-state index is 12.6. The van der Waals surface area contributed by atoms with Gasteiger partial charge in [0.25, 0.3) is 11.6 Å². The van der Waals surface area contributed by atoms with Gasteiger partial charge in [-0.2, -0.15) is 0 Å². The molecule has 0 atom stereocenters. The third kappa shape index (κ3) is 4.89. The van der Waals surface area contributed by atoms with E-state index in [1.54, 1.807) is 13.0 Å². The summed E-state index contributed by atoms with van der Waals surface area (Å²) in [5.41, 5.74) is 2.30. The minimum Gasteiger partial charge on any atom is -0.370 e. The number of nitro groups is 1. The summed E-state index contributed by atoms with van der Waals surface area (Å²) >= 11 is 5.32. The summed E-state index contributed by atoms with van der Waals surface area (Å²) < 4.78 is 0. The van der Waals surface area contributed by atoms with Crippen LogP contribution >= 0.6 is 12.2 Å². The highest BCUT2D eigenvalue weighted by molar-refractivity contribution is 7.80. The molecule has 1 heterocycles. The van der Waals surface area contributed by atoms with Crippen molar-refractivity contribution in [1.29, 1.82) is 0 Å². The van der Waals surface area contributed by atoms with Crippen LogP contribution in [0.25, 0.3) is 0 Å². The summed E-state index contributed by atoms with van der Waals surface area (Å²) in [5.74, 6) is 0.248. The van der Waals surface area contributed by atoms with Crippen LogP contribution < -0.4 is 15.5 Å². The van der Waals surface area contributed by atoms with Crippen molar-refractivity contribution in [1.82, 2.24) is 5.32 Å². The van der Waals surface area contributed by atoms with Crippen molar-refractivity contribution in [2.24, 2.45) is 5.92 Å². The van der Waals surface area contributed by atoms with Gasteiger partial charge in [0.05, 0.1) is 16.3 Å². The molecular weight excluding hydrogens is 388 g/mol. The molecule has 152 valence electrons. The monoisotopic (exact) mass is 412 g/mol. The van der Waals surface area contributed by atoms with Gasteiger partial charge in [-0.1, -0.05) is 25.1 Å². The van der Waals surface area contributed by atoms with Crippen molar-refractivity contribution in [3.8, 4) is 0 Å². The van der Waals surface area contributed by atoms with E-state index >= 15 is 0 Å². The van der Waals surface area contributed by atoms with Gasteiger partial charge in [-0.05, 0) is 56.1 Å². The summed E-state index contributed by atoms with van der Waals surface area (Å²) in [6.07, 6.45) is 2.28. The van der Waals surface area contributed by atoms with Gasteiger partial charge in [-0.3, -0.25) is 20.2 Å². The predicted molar refractivity (Wildman–Crippen MR) is 119 cm³/mol. The maximum Gasteiger partial charge on any atom is 0.273 e. The van der Waals surface area contributed by atoms with Gasteiger partial charge in [0.2, 0.25) is 0 Å². The zero-order valence-corrected chi connectivity index (χ0v) is 17.3. The fourth-order valence-corrected chi connectivity index (χ4v) is 3.70. The van der Waals surface area contributed by atoms with E-state index in [0.717, 1.165) is 43.2 Å². The molecule has 2 N–H and O–H groups in total. The summed E-state index contributed by atoms with van der Waals surface area (Å²) in [7, 11) is 0. The highest BCUT2D eigenvalue weighted by atomic mass is 32.1. The molecule has 0 spiro atoms. The Labute approximate surface area is 175 Å². The van der Waals surface area contributed by atoms with Crippen LogP contribution in [0.15, 0.2) is 42.5 Å². The first kappa shape index (κ1) is 20.7. The van der Waals surface area contributed by atoms with Crippen molar-refractivity contribution in [3.05, 3.63) is 63.7 Å². The van der Waals surface area contributed by atoms with Crippen LogP contribution in [0, 0.1) is 23.0 Å². The number of nitro benzene ring substituents is 1. The molecule has 0 saturated carbocycles. The number of nitrogens with one attached hydrogen (secondary N) is 2. The number of thiocarbonyl (C=S) groups is 1. The normalized spacial score (nSPS) is 14.3. The molecular formula is C21H24N4O3S. The fourth-order valence-electron chi connectivity index (χ4n) is 3.50. The number of benzene rings is 2. The molecule has 2 aromatic rings. The van der Waals surface area contributed by atoms with Gasteiger partial charge in [-0.15, -0.1) is 0 Å². The highest BCUT2D eigenvalue weighted by Gasteiger charge is 2.20. The van der Waals surface area contributed by atoms with E-state index in [1.807, 2.05) is 24.3 Å². The van der Waals surface area contributed by atoms with Gasteiger partial charge in [-0.25, -0.2) is 0 Å². The molecule has 1 fully saturated rings. The molecule has 0 aromatic heterocycles. The number of rotatable bonds is 4. The molecule has 0 aliphatic carbocycles. The average Bonchev–Trinajstić information content (AvgIpc) is 2.69. The lowest BCUT2D eigenvalue weighted by Crippen LogP contribution is -2.36. The Bertz CT molecular complexity index is 939. The van der Waals surface area contributed by atoms with Gasteiger partial charge in [0.1, 0.15) is 0 Å². The second-order valence-corrected chi connectivity index (χ2v) is 7.71. The van der Waals surface area contributed by atoms with E-state index in [-0.39, 0.29) is 16.4 Å². The summed E-state index contributed by atoms with van der Waals surface area (Å²) in [6, 6.07) is 12.3. The van der Waals surface area contributed by atoms with Crippen LogP contribution in [0.4, 0.5) is 17.1 Å². The SMILES string of the molecule is Cc1c(C(=O)NC(=S)Nc2ccccc2N2CCC(C)CC2)cccc1[N+](=O)[O-]. The van der Waals surface area contributed by atoms with Crippen molar-refractivity contribution >= 4 is 40.3 Å². The Balaban J connectivity index is 1.71. The number of piperidine rings is 1. The van der Waals surface area contributed by atoms with E-state index < -0.39 is 10.8 Å². The number of carbonyl (C=O) groups is 1. The molecule has 0 unspecified atom stereocenters. The zero-order chi connectivity index (χ0) is 21.0. The number of carbonyl (C=O) groups excluding carboxylic acids is 1. The van der Waals surface area contributed by atoms with Crippen LogP contribution in [0.5, 0.6) is 0 Å². The molecule has 1 amide bonds. The maximum absolute atomic E-state index is 12.6. The lowest BCUT2D eigenvalue weighted by molar-refractivity contribution is -0.385. The smallest absolute Gasteiger partial charge is 0.273 e. The summed E-state index contributed by atoms with van der Waals surface area (Å²) in [6.45, 7) is 5.77. The quantitative estimate of drug-likeness (QED) is 0.443. The molecule has 8 heteroatoms. The Morgan fingerprint density at radius 1 is 1.17 bits per heavy atom. The Kier molecular flexibility index (Phi) is 6.43. The van der Waals surface area contributed by atoms with Gasteiger partial charge in [0, 0.05) is 30.3 Å². The average molecular weight is 413 g/mol. The third-order valence-corrected chi connectivity index (χ3v) is 5.45. The van der Waals surface area contributed by atoms with E-state index in [0.29, 0.717) is 5.56 Å². The fraction of sp³-hybridized carbons (Fsp3) is 0.333. The van der Waals surface area contributed by atoms with E-state index in [2.05, 4.69) is 22.5 Å². The van der Waals surface area contributed by atoms with Crippen molar-refractivity contribution in [3.63, 3.8) is 0 Å². The van der Waals surface area contributed by atoms with Gasteiger partial charge in [0.15, 0.2) is 5.11 Å². The minimum atomic E-state index is -0.502. The Morgan fingerprint density at radius 2 is 1.86 bits per heavy atom. The van der Waals surface area contributed by atoms with E-state index in [4.69, 9.17) is 12.2 Å². The van der Waals surface area contributed by atoms with Crippen LogP contribution in [0.1, 0.15) is 35.7 Å². The standard InChI is InChI=1S/C21H24N4O3S/c1-14-10-12-24(13-11-14)19-8-4-3-7-17(19)22-21(29)23-20(26)16-6-5-9-18(15(16)2)25(27)28/h3-9,14H,10-13H2,1-2H3,(H2,22,23,26,29). The molecule has 29 heavy (non-hydrogen) atoms. The minimum absolute atomic E-state index is 0.0961. The lowest BCUT2D eigenvalue weighted by atomic mass is 9.98. The number of amides is 1. The first-order valence-corrected chi connectivity index (χ1v) is 9.98. The molecule has 7 nitrogen and oxygen atoms in total. The molecule has 0 radical (unpaired) electrons. The molecule has 1 aliphatic rings. The molecule has 1 aliphatic heterocycles. The van der Waals surface area contributed by atoms with E-state index in [9.17, 15) is 14.9 Å². The summed E-state index contributed by atoms with van der Waals surface area (Å²) in [5, 5.41) is 17.0. The van der Waals surface area contributed by atoms with Gasteiger partial charge < -0.3 is 10.2 Å². The topological polar surface area (TPSA) is 87.5 Å². The molecule has 2 aromatic carbocycles. The molecule has 3 rings (SSSR count). The predicted octanol–water partition coefficient (Wildman–Crippen LogP) is 4.27. The third-order valence-electron chi connectivity index (χ3n) is 5.25. The van der Waals surface area contributed by atoms with Crippen LogP contribution in [-0.2, 0) is 0 Å². The van der Waals surface area contributed by atoms with Crippen LogP contribution in [0.3, 0.4) is 0 Å². The van der Waals surface area contributed by atoms with Gasteiger partial charge >= 0.3 is 0 Å². The largest absolute Gasteiger partial charge is 0.370 e.